The van der Waals surface area contributed by atoms with Crippen LogP contribution in [0.4, 0.5) is 9.39 Å². The number of fused-ring (bicyclic) bond motifs is 3. The van der Waals surface area contributed by atoms with E-state index in [1.165, 1.54) is 22.6 Å². The normalized spacial score (nSPS) is 20.1. The minimum Gasteiger partial charge on any atom is -0.353 e. The third-order valence-electron chi connectivity index (χ3n) is 3.88. The molecule has 1 amide bonds. The smallest absolute Gasteiger partial charge is 0.256 e. The van der Waals surface area contributed by atoms with Crippen molar-refractivity contribution >= 4 is 22.2 Å². The highest BCUT2D eigenvalue weighted by molar-refractivity contribution is 7.16. The van der Waals surface area contributed by atoms with E-state index >= 15 is 0 Å². The summed E-state index contributed by atoms with van der Waals surface area (Å²) >= 11 is 1.67. The second-order valence-electron chi connectivity index (χ2n) is 5.17. The number of nitrogens with one attached hydrogen (secondary N) is 2. The molecule has 1 aromatic carbocycles. The van der Waals surface area contributed by atoms with Gasteiger partial charge in [0.15, 0.2) is 0 Å². The second-order valence-corrected chi connectivity index (χ2v) is 6.27. The Morgan fingerprint density at radius 3 is 3.00 bits per heavy atom. The fourth-order valence-corrected chi connectivity index (χ4v) is 4.28. The lowest BCUT2D eigenvalue weighted by Crippen LogP contribution is -2.38. The zero-order valence-electron chi connectivity index (χ0n) is 10.7. The zero-order chi connectivity index (χ0) is 13.7. The van der Waals surface area contributed by atoms with Crippen LogP contribution < -0.4 is 10.6 Å². The van der Waals surface area contributed by atoms with E-state index in [1.807, 2.05) is 6.07 Å². The minimum absolute atomic E-state index is 0.0487. The van der Waals surface area contributed by atoms with Crippen LogP contribution in [0, 0.1) is 5.82 Å². The average Bonchev–Trinajstić information content (AvgIpc) is 2.98. The maximum absolute atomic E-state index is 13.3. The van der Waals surface area contributed by atoms with Gasteiger partial charge in [0.2, 0.25) is 0 Å². The second kappa shape index (κ2) is 4.31. The molecule has 0 saturated carbocycles. The Kier molecular flexibility index (Phi) is 2.57. The van der Waals surface area contributed by atoms with Gasteiger partial charge >= 0.3 is 0 Å². The van der Waals surface area contributed by atoms with E-state index in [-0.39, 0.29) is 17.9 Å². The van der Waals surface area contributed by atoms with E-state index in [1.54, 1.807) is 17.4 Å². The third-order valence-corrected chi connectivity index (χ3v) is 5.10. The summed E-state index contributed by atoms with van der Waals surface area (Å²) in [7, 11) is 0. The first kappa shape index (κ1) is 11.9. The van der Waals surface area contributed by atoms with E-state index in [4.69, 9.17) is 0 Å². The van der Waals surface area contributed by atoms with Crippen LogP contribution in [0.1, 0.15) is 38.9 Å². The molecule has 0 saturated heterocycles. The molecule has 102 valence electrons. The van der Waals surface area contributed by atoms with Gasteiger partial charge in [-0.1, -0.05) is 12.1 Å². The van der Waals surface area contributed by atoms with Crippen LogP contribution in [0.2, 0.25) is 0 Å². The lowest BCUT2D eigenvalue weighted by atomic mass is 10.1. The van der Waals surface area contributed by atoms with Gasteiger partial charge < -0.3 is 10.6 Å². The van der Waals surface area contributed by atoms with E-state index in [2.05, 4.69) is 10.6 Å². The van der Waals surface area contributed by atoms with Crippen LogP contribution >= 0.6 is 11.3 Å². The van der Waals surface area contributed by atoms with Gasteiger partial charge in [-0.2, -0.15) is 0 Å². The summed E-state index contributed by atoms with van der Waals surface area (Å²) in [6, 6.07) is 6.32. The van der Waals surface area contributed by atoms with Crippen LogP contribution in [0.5, 0.6) is 0 Å². The molecule has 3 nitrogen and oxygen atoms in total. The van der Waals surface area contributed by atoms with Crippen molar-refractivity contribution in [2.24, 2.45) is 0 Å². The van der Waals surface area contributed by atoms with Crippen LogP contribution in [0.3, 0.4) is 0 Å². The third kappa shape index (κ3) is 1.73. The number of carbonyl (C=O) groups excluding carboxylic acids is 1. The number of benzene rings is 1. The summed E-state index contributed by atoms with van der Waals surface area (Å²) < 4.78 is 13.3. The maximum Gasteiger partial charge on any atom is 0.256 e. The summed E-state index contributed by atoms with van der Waals surface area (Å²) in [6.45, 7) is 0. The number of thiophene rings is 1. The first-order valence-electron chi connectivity index (χ1n) is 6.70. The van der Waals surface area contributed by atoms with Crippen LogP contribution in [0.25, 0.3) is 0 Å². The topological polar surface area (TPSA) is 41.1 Å². The Labute approximate surface area is 119 Å². The van der Waals surface area contributed by atoms with Gasteiger partial charge in [-0.3, -0.25) is 4.79 Å². The number of anilines is 1. The van der Waals surface area contributed by atoms with Crippen LogP contribution in [-0.4, -0.2) is 5.91 Å². The van der Waals surface area contributed by atoms with Crippen molar-refractivity contribution in [1.29, 1.82) is 0 Å². The molecule has 4 rings (SSSR count). The van der Waals surface area contributed by atoms with Crippen molar-refractivity contribution in [3.63, 3.8) is 0 Å². The van der Waals surface area contributed by atoms with Crippen molar-refractivity contribution in [2.75, 3.05) is 5.32 Å². The first-order chi connectivity index (χ1) is 9.72. The van der Waals surface area contributed by atoms with E-state index < -0.39 is 0 Å². The monoisotopic (exact) mass is 288 g/mol. The standard InChI is InChI=1S/C15H13FN2OS/c16-9-4-1-3-8(7-9)13-17-14(19)12-10-5-2-6-11(10)20-15(12)18-13/h1,3-4,7,13,18H,2,5-6H2,(H,17,19)/t13-/m0/s1. The van der Waals surface area contributed by atoms with Gasteiger partial charge in [0.1, 0.15) is 17.0 Å². The van der Waals surface area contributed by atoms with E-state index in [9.17, 15) is 9.18 Å². The van der Waals surface area contributed by atoms with Crippen molar-refractivity contribution in [1.82, 2.24) is 5.32 Å². The Morgan fingerprint density at radius 1 is 1.25 bits per heavy atom. The van der Waals surface area contributed by atoms with Crippen molar-refractivity contribution in [3.8, 4) is 0 Å². The molecule has 1 aliphatic carbocycles. The molecule has 2 heterocycles. The Balaban J connectivity index is 1.73. The number of rotatable bonds is 1. The number of hydrogen-bond acceptors (Lipinski definition) is 3. The molecule has 20 heavy (non-hydrogen) atoms. The van der Waals surface area contributed by atoms with Gasteiger partial charge in [-0.25, -0.2) is 4.39 Å². The summed E-state index contributed by atoms with van der Waals surface area (Å²) in [4.78, 5) is 13.7. The SMILES string of the molecule is O=C1N[C@H](c2cccc(F)c2)Nc2sc3c(c21)CCC3. The molecule has 1 atom stereocenters. The van der Waals surface area contributed by atoms with Crippen molar-refractivity contribution < 1.29 is 9.18 Å². The fraction of sp³-hybridized carbons (Fsp3) is 0.267. The molecule has 0 bridgehead atoms. The summed E-state index contributed by atoms with van der Waals surface area (Å²) in [6.07, 6.45) is 2.83. The van der Waals surface area contributed by atoms with Gasteiger partial charge in [-0.05, 0) is 42.5 Å². The Bertz CT molecular complexity index is 710. The fourth-order valence-electron chi connectivity index (χ4n) is 2.97. The van der Waals surface area contributed by atoms with Gasteiger partial charge in [0.05, 0.1) is 5.56 Å². The van der Waals surface area contributed by atoms with Crippen molar-refractivity contribution in [2.45, 2.75) is 25.4 Å². The summed E-state index contributed by atoms with van der Waals surface area (Å²) in [5.41, 5.74) is 2.74. The van der Waals surface area contributed by atoms with Crippen molar-refractivity contribution in [3.05, 3.63) is 51.7 Å². The predicted octanol–water partition coefficient (Wildman–Crippen LogP) is 3.23. The molecule has 2 aliphatic rings. The first-order valence-corrected chi connectivity index (χ1v) is 7.51. The largest absolute Gasteiger partial charge is 0.353 e. The number of hydrogen-bond donors (Lipinski definition) is 2. The van der Waals surface area contributed by atoms with Gasteiger partial charge in [0.25, 0.3) is 5.91 Å². The molecular weight excluding hydrogens is 275 g/mol. The highest BCUT2D eigenvalue weighted by Crippen LogP contribution is 2.42. The molecule has 5 heteroatoms. The number of amides is 1. The summed E-state index contributed by atoms with van der Waals surface area (Å²) in [5, 5.41) is 7.17. The van der Waals surface area contributed by atoms with E-state index in [0.29, 0.717) is 0 Å². The predicted molar refractivity (Wildman–Crippen MR) is 76.6 cm³/mol. The molecule has 0 fully saturated rings. The van der Waals surface area contributed by atoms with Crippen LogP contribution in [0.15, 0.2) is 24.3 Å². The molecule has 1 aromatic heterocycles. The molecule has 0 radical (unpaired) electrons. The minimum atomic E-state index is -0.357. The molecule has 2 aromatic rings. The highest BCUT2D eigenvalue weighted by atomic mass is 32.1. The molecule has 0 unspecified atom stereocenters. The Hall–Kier alpha value is -1.88. The molecular formula is C15H13FN2OS. The van der Waals surface area contributed by atoms with Gasteiger partial charge in [0, 0.05) is 4.88 Å². The molecule has 1 aliphatic heterocycles. The zero-order valence-corrected chi connectivity index (χ0v) is 11.5. The molecule has 0 spiro atoms. The van der Waals surface area contributed by atoms with Crippen LogP contribution in [-0.2, 0) is 12.8 Å². The van der Waals surface area contributed by atoms with Gasteiger partial charge in [-0.15, -0.1) is 11.3 Å². The summed E-state index contributed by atoms with van der Waals surface area (Å²) in [5.74, 6) is -0.342. The highest BCUT2D eigenvalue weighted by Gasteiger charge is 2.32. The lowest BCUT2D eigenvalue weighted by Gasteiger charge is -2.26. The number of aryl methyl sites for hydroxylation is 1. The van der Waals surface area contributed by atoms with E-state index in [0.717, 1.165) is 35.4 Å². The maximum atomic E-state index is 13.3. The average molecular weight is 288 g/mol. The number of halogens is 1. The number of carbonyl (C=O) groups is 1. The quantitative estimate of drug-likeness (QED) is 0.846. The Morgan fingerprint density at radius 2 is 2.15 bits per heavy atom. The lowest BCUT2D eigenvalue weighted by molar-refractivity contribution is 0.0935. The molecule has 2 N–H and O–H groups in total.